The Hall–Kier alpha value is -3.57. The average Bonchev–Trinajstić information content (AvgIpc) is 3.18. The molecule has 5 nitrogen and oxygen atoms in total. The zero-order chi connectivity index (χ0) is 20.5. The van der Waals surface area contributed by atoms with Crippen molar-refractivity contribution in [2.45, 2.75) is 6.54 Å². The number of nitrogens with zero attached hydrogens (tertiary/aromatic N) is 1. The second-order valence-corrected chi connectivity index (χ2v) is 7.30. The summed E-state index contributed by atoms with van der Waals surface area (Å²) in [6.45, 7) is 0.442. The molecule has 146 valence electrons. The number of H-pyrrole nitrogens is 1. The fourth-order valence-corrected chi connectivity index (χ4v) is 3.73. The minimum absolute atomic E-state index is 0.442. The Labute approximate surface area is 169 Å². The standard InChI is InChI=1S/C24H24N4O/c1-28(2)17-8-5-7-15(12-17)22-13-21-19(18-9-4-3-6-16(18)14-25)10-11-20(24(26)29)23(21)27-22/h3-13,27H,14,25H2,1-2H3,(H2,26,29). The predicted octanol–water partition coefficient (Wildman–Crippen LogP) is 4.13. The summed E-state index contributed by atoms with van der Waals surface area (Å²) in [6.07, 6.45) is 0. The minimum Gasteiger partial charge on any atom is -0.378 e. The van der Waals surface area contributed by atoms with Gasteiger partial charge in [0.1, 0.15) is 0 Å². The fourth-order valence-electron chi connectivity index (χ4n) is 3.73. The van der Waals surface area contributed by atoms with Crippen molar-refractivity contribution in [1.29, 1.82) is 0 Å². The Bertz CT molecular complexity index is 1210. The fraction of sp³-hybridized carbons (Fsp3) is 0.125. The van der Waals surface area contributed by atoms with E-state index in [1.54, 1.807) is 6.07 Å². The number of rotatable bonds is 5. The molecular formula is C24H24N4O. The molecule has 1 heterocycles. The van der Waals surface area contributed by atoms with Gasteiger partial charge in [-0.2, -0.15) is 0 Å². The number of nitrogens with two attached hydrogens (primary N) is 2. The summed E-state index contributed by atoms with van der Waals surface area (Å²) in [7, 11) is 4.02. The largest absolute Gasteiger partial charge is 0.378 e. The highest BCUT2D eigenvalue weighted by Crippen LogP contribution is 2.36. The molecule has 0 aliphatic rings. The van der Waals surface area contributed by atoms with Crippen LogP contribution in [-0.2, 0) is 6.54 Å². The van der Waals surface area contributed by atoms with Crippen molar-refractivity contribution in [2.75, 3.05) is 19.0 Å². The normalized spacial score (nSPS) is 11.0. The Morgan fingerprint density at radius 3 is 2.48 bits per heavy atom. The zero-order valence-electron chi connectivity index (χ0n) is 16.6. The van der Waals surface area contributed by atoms with Crippen LogP contribution in [-0.4, -0.2) is 25.0 Å². The number of aromatic nitrogens is 1. The number of nitrogens with one attached hydrogen (secondary N) is 1. The summed E-state index contributed by atoms with van der Waals surface area (Å²) in [5.74, 6) is -0.455. The highest BCUT2D eigenvalue weighted by Gasteiger charge is 2.16. The second-order valence-electron chi connectivity index (χ2n) is 7.30. The van der Waals surface area contributed by atoms with Gasteiger partial charge in [0.25, 0.3) is 5.91 Å². The first-order chi connectivity index (χ1) is 14.0. The van der Waals surface area contributed by atoms with Crippen LogP contribution in [0, 0.1) is 0 Å². The average molecular weight is 384 g/mol. The maximum absolute atomic E-state index is 12.1. The summed E-state index contributed by atoms with van der Waals surface area (Å²) in [5.41, 5.74) is 19.1. The number of fused-ring (bicyclic) bond motifs is 1. The third kappa shape index (κ3) is 3.37. The van der Waals surface area contributed by atoms with Gasteiger partial charge in [0.15, 0.2) is 0 Å². The van der Waals surface area contributed by atoms with Crippen molar-refractivity contribution in [2.24, 2.45) is 11.5 Å². The molecule has 0 aliphatic carbocycles. The molecule has 0 atom stereocenters. The first kappa shape index (κ1) is 18.8. The molecule has 3 aromatic carbocycles. The summed E-state index contributed by atoms with van der Waals surface area (Å²) in [4.78, 5) is 17.5. The van der Waals surface area contributed by atoms with Crippen LogP contribution in [0.15, 0.2) is 66.7 Å². The van der Waals surface area contributed by atoms with Gasteiger partial charge in [-0.05, 0) is 46.5 Å². The quantitative estimate of drug-likeness (QED) is 0.483. The van der Waals surface area contributed by atoms with Crippen molar-refractivity contribution in [1.82, 2.24) is 4.98 Å². The molecule has 0 aliphatic heterocycles. The Morgan fingerprint density at radius 1 is 0.966 bits per heavy atom. The van der Waals surface area contributed by atoms with Crippen molar-refractivity contribution < 1.29 is 4.79 Å². The maximum atomic E-state index is 12.1. The van der Waals surface area contributed by atoms with Gasteiger partial charge < -0.3 is 21.4 Å². The third-order valence-corrected chi connectivity index (χ3v) is 5.26. The molecule has 4 rings (SSSR count). The molecule has 0 radical (unpaired) electrons. The number of primary amides is 1. The smallest absolute Gasteiger partial charge is 0.250 e. The van der Waals surface area contributed by atoms with E-state index < -0.39 is 5.91 Å². The van der Waals surface area contributed by atoms with Gasteiger partial charge in [-0.1, -0.05) is 42.5 Å². The SMILES string of the molecule is CN(C)c1cccc(-c2cc3c(-c4ccccc4CN)ccc(C(N)=O)c3[nH]2)c1. The van der Waals surface area contributed by atoms with E-state index in [9.17, 15) is 4.79 Å². The number of benzene rings is 3. The number of hydrogen-bond donors (Lipinski definition) is 3. The van der Waals surface area contributed by atoms with Gasteiger partial charge >= 0.3 is 0 Å². The van der Waals surface area contributed by atoms with Gasteiger partial charge in [0, 0.05) is 37.4 Å². The lowest BCUT2D eigenvalue weighted by molar-refractivity contribution is 0.100. The van der Waals surface area contributed by atoms with E-state index in [2.05, 4.69) is 40.2 Å². The monoisotopic (exact) mass is 384 g/mol. The number of hydrogen-bond acceptors (Lipinski definition) is 3. The highest BCUT2D eigenvalue weighted by molar-refractivity contribution is 6.10. The van der Waals surface area contributed by atoms with Gasteiger partial charge in [-0.15, -0.1) is 0 Å². The molecule has 1 amide bonds. The molecule has 0 fully saturated rings. The Balaban J connectivity index is 1.98. The minimum atomic E-state index is -0.455. The van der Waals surface area contributed by atoms with Gasteiger partial charge in [0.05, 0.1) is 11.1 Å². The second kappa shape index (κ2) is 7.45. The van der Waals surface area contributed by atoms with E-state index in [1.165, 1.54) is 0 Å². The van der Waals surface area contributed by atoms with Crippen molar-refractivity contribution in [3.05, 3.63) is 77.9 Å². The van der Waals surface area contributed by atoms with E-state index in [0.29, 0.717) is 12.1 Å². The Morgan fingerprint density at radius 2 is 1.76 bits per heavy atom. The molecule has 0 unspecified atom stereocenters. The first-order valence-corrected chi connectivity index (χ1v) is 9.51. The summed E-state index contributed by atoms with van der Waals surface area (Å²) >= 11 is 0. The van der Waals surface area contributed by atoms with Gasteiger partial charge in [0.2, 0.25) is 0 Å². The topological polar surface area (TPSA) is 88.1 Å². The molecule has 5 N–H and O–H groups in total. The number of carbonyl (C=O) groups is 1. The molecule has 0 saturated carbocycles. The van der Waals surface area contributed by atoms with Crippen LogP contribution in [0.1, 0.15) is 15.9 Å². The lowest BCUT2D eigenvalue weighted by atomic mass is 9.95. The zero-order valence-corrected chi connectivity index (χ0v) is 16.6. The summed E-state index contributed by atoms with van der Waals surface area (Å²) in [5, 5.41) is 0.951. The van der Waals surface area contributed by atoms with Crippen LogP contribution in [0.25, 0.3) is 33.3 Å². The number of amides is 1. The number of anilines is 1. The van der Waals surface area contributed by atoms with Gasteiger partial charge in [-0.3, -0.25) is 4.79 Å². The van der Waals surface area contributed by atoms with E-state index in [1.807, 2.05) is 44.4 Å². The number of aromatic amines is 1. The lowest BCUT2D eigenvalue weighted by Crippen LogP contribution is -2.11. The molecule has 4 aromatic rings. The number of carbonyl (C=O) groups excluding carboxylic acids is 1. The van der Waals surface area contributed by atoms with Crippen LogP contribution in [0.4, 0.5) is 5.69 Å². The van der Waals surface area contributed by atoms with E-state index in [-0.39, 0.29) is 0 Å². The predicted molar refractivity (Wildman–Crippen MR) is 120 cm³/mol. The lowest BCUT2D eigenvalue weighted by Gasteiger charge is -2.13. The molecular weight excluding hydrogens is 360 g/mol. The molecule has 5 heteroatoms. The van der Waals surface area contributed by atoms with E-state index in [0.717, 1.165) is 44.5 Å². The molecule has 0 spiro atoms. The van der Waals surface area contributed by atoms with E-state index >= 15 is 0 Å². The van der Waals surface area contributed by atoms with E-state index in [4.69, 9.17) is 11.5 Å². The molecule has 29 heavy (non-hydrogen) atoms. The van der Waals surface area contributed by atoms with Crippen LogP contribution in [0.3, 0.4) is 0 Å². The maximum Gasteiger partial charge on any atom is 0.250 e. The van der Waals surface area contributed by atoms with Crippen LogP contribution in [0.2, 0.25) is 0 Å². The van der Waals surface area contributed by atoms with Crippen molar-refractivity contribution in [3.8, 4) is 22.4 Å². The molecule has 1 aromatic heterocycles. The Kier molecular flexibility index (Phi) is 4.82. The third-order valence-electron chi connectivity index (χ3n) is 5.26. The molecule has 0 bridgehead atoms. The van der Waals surface area contributed by atoms with Crippen LogP contribution < -0.4 is 16.4 Å². The first-order valence-electron chi connectivity index (χ1n) is 9.51. The van der Waals surface area contributed by atoms with Crippen molar-refractivity contribution in [3.63, 3.8) is 0 Å². The van der Waals surface area contributed by atoms with Gasteiger partial charge in [-0.25, -0.2) is 0 Å². The van der Waals surface area contributed by atoms with Crippen molar-refractivity contribution >= 4 is 22.5 Å². The summed E-state index contributed by atoms with van der Waals surface area (Å²) in [6, 6.07) is 22.1. The molecule has 0 saturated heterocycles. The van der Waals surface area contributed by atoms with Crippen LogP contribution in [0.5, 0.6) is 0 Å². The summed E-state index contributed by atoms with van der Waals surface area (Å²) < 4.78 is 0. The highest BCUT2D eigenvalue weighted by atomic mass is 16.1. The van der Waals surface area contributed by atoms with Crippen LogP contribution >= 0.6 is 0 Å².